The first-order valence-corrected chi connectivity index (χ1v) is 12.2. The molecule has 0 unspecified atom stereocenters. The summed E-state index contributed by atoms with van der Waals surface area (Å²) < 4.78 is 56.2. The predicted octanol–water partition coefficient (Wildman–Crippen LogP) is 5.49. The quantitative estimate of drug-likeness (QED) is 0.351. The number of halogens is 5. The Morgan fingerprint density at radius 3 is 2.75 bits per heavy atom. The number of carbonyl (C=O) groups is 2. The van der Waals surface area contributed by atoms with E-state index in [-0.39, 0.29) is 28.6 Å². The normalized spacial score (nSPS) is 22.2. The predicted molar refractivity (Wildman–Crippen MR) is 129 cm³/mol. The lowest BCUT2D eigenvalue weighted by Crippen LogP contribution is -2.52. The molecule has 2 amide bonds. The molecule has 2 saturated heterocycles. The molecular formula is C24H19ClF4N4O2S. The number of hydrogen-bond donors (Lipinski definition) is 1. The topological polar surface area (TPSA) is 67.2 Å². The van der Waals surface area contributed by atoms with Gasteiger partial charge in [0.25, 0.3) is 11.1 Å². The van der Waals surface area contributed by atoms with E-state index >= 15 is 0 Å². The zero-order valence-electron chi connectivity index (χ0n) is 18.6. The Morgan fingerprint density at radius 2 is 2.00 bits per heavy atom. The molecule has 5 rings (SSSR count). The van der Waals surface area contributed by atoms with Crippen molar-refractivity contribution < 1.29 is 27.2 Å². The van der Waals surface area contributed by atoms with Crippen molar-refractivity contribution in [3.05, 3.63) is 69.2 Å². The van der Waals surface area contributed by atoms with E-state index in [1.54, 1.807) is 24.3 Å². The monoisotopic (exact) mass is 538 g/mol. The van der Waals surface area contributed by atoms with Gasteiger partial charge in [0.2, 0.25) is 0 Å². The highest BCUT2D eigenvalue weighted by molar-refractivity contribution is 8.18. The third-order valence-corrected chi connectivity index (χ3v) is 7.31. The highest BCUT2D eigenvalue weighted by Crippen LogP contribution is 2.37. The molecule has 3 heterocycles. The second kappa shape index (κ2) is 9.53. The number of piperidine rings is 1. The maximum Gasteiger partial charge on any atom is 0.416 e. The van der Waals surface area contributed by atoms with E-state index < -0.39 is 35.1 Å². The molecular weight excluding hydrogens is 520 g/mol. The Kier molecular flexibility index (Phi) is 6.56. The number of benzene rings is 2. The summed E-state index contributed by atoms with van der Waals surface area (Å²) in [6.07, 6.45) is -2.47. The lowest BCUT2D eigenvalue weighted by atomic mass is 10.0. The van der Waals surface area contributed by atoms with Crippen LogP contribution in [0.4, 0.5) is 22.4 Å². The van der Waals surface area contributed by atoms with Crippen molar-refractivity contribution in [2.75, 3.05) is 13.1 Å². The number of nitrogens with zero attached hydrogens (tertiary/aromatic N) is 3. The Balaban J connectivity index is 1.40. The van der Waals surface area contributed by atoms with Gasteiger partial charge >= 0.3 is 6.18 Å². The van der Waals surface area contributed by atoms with Crippen molar-refractivity contribution in [3.8, 4) is 0 Å². The number of hydrogen-bond acceptors (Lipinski definition) is 5. The van der Waals surface area contributed by atoms with E-state index in [9.17, 15) is 27.2 Å². The number of nitrogens with one attached hydrogen (secondary N) is 1. The molecule has 0 radical (unpaired) electrons. The molecule has 2 atom stereocenters. The summed E-state index contributed by atoms with van der Waals surface area (Å²) in [5.74, 6) is -0.530. The molecule has 2 aliphatic rings. The zero-order chi connectivity index (χ0) is 25.6. The minimum absolute atomic E-state index is 0.00681. The molecule has 1 aromatic heterocycles. The zero-order valence-corrected chi connectivity index (χ0v) is 20.1. The molecule has 12 heteroatoms. The Labute approximate surface area is 212 Å². The summed E-state index contributed by atoms with van der Waals surface area (Å²) in [5.41, 5.74) is 0.407. The number of rotatable bonds is 4. The standard InChI is InChI=1S/C24H19ClF4N4O2S/c25-16-3-2-14(17(9-16)24(27,28)29)12-32-19-4-1-13(7-15(19)10-31-32)8-21-22(34)33(23(35)36-21)20-5-6-30-11-18(20)26/h1-4,7-10,18,20,30H,5-6,11-12H2/b21-8-/t18-,20+/m0/s1. The third-order valence-electron chi connectivity index (χ3n) is 6.19. The fraction of sp³-hybridized carbons (Fsp3) is 0.292. The van der Waals surface area contributed by atoms with E-state index in [1.165, 1.54) is 23.0 Å². The summed E-state index contributed by atoms with van der Waals surface area (Å²) >= 11 is 6.53. The highest BCUT2D eigenvalue weighted by Gasteiger charge is 2.43. The lowest BCUT2D eigenvalue weighted by molar-refractivity contribution is -0.138. The Bertz CT molecular complexity index is 1390. The third kappa shape index (κ3) is 4.74. The molecule has 0 bridgehead atoms. The number of carbonyl (C=O) groups excluding carboxylic acids is 2. The number of amides is 2. The van der Waals surface area contributed by atoms with Gasteiger partial charge in [-0.05, 0) is 66.2 Å². The van der Waals surface area contributed by atoms with Crippen molar-refractivity contribution in [1.82, 2.24) is 20.0 Å². The summed E-state index contributed by atoms with van der Waals surface area (Å²) in [4.78, 5) is 26.6. The van der Waals surface area contributed by atoms with E-state index in [1.807, 2.05) is 0 Å². The van der Waals surface area contributed by atoms with Crippen LogP contribution in [0, 0.1) is 0 Å². The van der Waals surface area contributed by atoms with E-state index in [2.05, 4.69) is 10.4 Å². The summed E-state index contributed by atoms with van der Waals surface area (Å²) in [5, 5.41) is 7.27. The average molecular weight is 539 g/mol. The van der Waals surface area contributed by atoms with Crippen molar-refractivity contribution >= 4 is 51.5 Å². The molecule has 36 heavy (non-hydrogen) atoms. The smallest absolute Gasteiger partial charge is 0.314 e. The Morgan fingerprint density at radius 1 is 1.19 bits per heavy atom. The highest BCUT2D eigenvalue weighted by atomic mass is 35.5. The second-order valence-corrected chi connectivity index (χ2v) is 9.98. The van der Waals surface area contributed by atoms with Gasteiger partial charge in [0.15, 0.2) is 0 Å². The first kappa shape index (κ1) is 24.8. The Hall–Kier alpha value is -2.89. The minimum Gasteiger partial charge on any atom is -0.314 e. The van der Waals surface area contributed by atoms with Crippen LogP contribution in [0.5, 0.6) is 0 Å². The van der Waals surface area contributed by atoms with Gasteiger partial charge in [0.1, 0.15) is 6.17 Å². The van der Waals surface area contributed by atoms with E-state index in [4.69, 9.17) is 11.6 Å². The molecule has 188 valence electrons. The largest absolute Gasteiger partial charge is 0.416 e. The number of imide groups is 1. The number of fused-ring (bicyclic) bond motifs is 1. The maximum atomic E-state index is 14.3. The average Bonchev–Trinajstić information content (AvgIpc) is 3.34. The number of alkyl halides is 4. The van der Waals surface area contributed by atoms with Crippen molar-refractivity contribution in [2.45, 2.75) is 31.4 Å². The van der Waals surface area contributed by atoms with Crippen LogP contribution in [-0.4, -0.2) is 51.1 Å². The number of thioether (sulfide) groups is 1. The van der Waals surface area contributed by atoms with Gasteiger partial charge < -0.3 is 5.32 Å². The molecule has 2 aromatic carbocycles. The van der Waals surface area contributed by atoms with Gasteiger partial charge in [-0.25, -0.2) is 4.39 Å². The summed E-state index contributed by atoms with van der Waals surface area (Å²) in [6.45, 7) is 0.494. The maximum absolute atomic E-state index is 14.3. The van der Waals surface area contributed by atoms with Crippen LogP contribution in [0.1, 0.15) is 23.1 Å². The molecule has 6 nitrogen and oxygen atoms in total. The van der Waals surface area contributed by atoms with E-state index in [0.717, 1.165) is 22.7 Å². The van der Waals surface area contributed by atoms with Crippen LogP contribution in [0.15, 0.2) is 47.5 Å². The van der Waals surface area contributed by atoms with Crippen LogP contribution < -0.4 is 5.32 Å². The van der Waals surface area contributed by atoms with Gasteiger partial charge in [-0.2, -0.15) is 18.3 Å². The van der Waals surface area contributed by atoms with Crippen molar-refractivity contribution in [1.29, 1.82) is 0 Å². The van der Waals surface area contributed by atoms with Crippen molar-refractivity contribution in [3.63, 3.8) is 0 Å². The SMILES string of the molecule is O=C1S/C(=C\c2ccc3c(cnn3Cc3ccc(Cl)cc3C(F)(F)F)c2)C(=O)N1[C@@H]1CCNC[C@@H]1F. The molecule has 0 saturated carbocycles. The minimum atomic E-state index is -4.56. The van der Waals surface area contributed by atoms with Gasteiger partial charge in [-0.1, -0.05) is 23.7 Å². The van der Waals surface area contributed by atoms with Crippen LogP contribution in [-0.2, 0) is 17.5 Å². The fourth-order valence-corrected chi connectivity index (χ4v) is 5.51. The first-order chi connectivity index (χ1) is 17.1. The van der Waals surface area contributed by atoms with Crippen LogP contribution in [0.3, 0.4) is 0 Å². The molecule has 0 aliphatic carbocycles. The fourth-order valence-electron chi connectivity index (χ4n) is 4.45. The van der Waals surface area contributed by atoms with Crippen LogP contribution in [0.25, 0.3) is 17.0 Å². The summed E-state index contributed by atoms with van der Waals surface area (Å²) in [7, 11) is 0. The molecule has 2 fully saturated rings. The molecule has 0 spiro atoms. The number of aromatic nitrogens is 2. The lowest BCUT2D eigenvalue weighted by Gasteiger charge is -2.32. The molecule has 1 N–H and O–H groups in total. The van der Waals surface area contributed by atoms with Gasteiger partial charge in [-0.3, -0.25) is 19.2 Å². The van der Waals surface area contributed by atoms with Crippen LogP contribution in [0.2, 0.25) is 5.02 Å². The molecule has 2 aliphatic heterocycles. The molecule has 3 aromatic rings. The van der Waals surface area contributed by atoms with Gasteiger partial charge in [0, 0.05) is 17.0 Å². The second-order valence-electron chi connectivity index (χ2n) is 8.55. The first-order valence-electron chi connectivity index (χ1n) is 11.0. The van der Waals surface area contributed by atoms with Crippen molar-refractivity contribution in [2.24, 2.45) is 0 Å². The van der Waals surface area contributed by atoms with Crippen LogP contribution >= 0.6 is 23.4 Å². The van der Waals surface area contributed by atoms with E-state index in [0.29, 0.717) is 29.4 Å². The van der Waals surface area contributed by atoms with Gasteiger partial charge in [0.05, 0.1) is 34.8 Å². The van der Waals surface area contributed by atoms with Gasteiger partial charge in [-0.15, -0.1) is 0 Å². The summed E-state index contributed by atoms with van der Waals surface area (Å²) in [6, 6.07) is 7.92.